The zero-order chi connectivity index (χ0) is 14.0. The van der Waals surface area contributed by atoms with E-state index in [-0.39, 0.29) is 12.1 Å². The van der Waals surface area contributed by atoms with Gasteiger partial charge in [0.1, 0.15) is 6.04 Å². The molecule has 2 amide bonds. The van der Waals surface area contributed by atoms with Crippen LogP contribution in [0.1, 0.15) is 32.6 Å². The van der Waals surface area contributed by atoms with Gasteiger partial charge in [-0.05, 0) is 19.3 Å². The lowest BCUT2D eigenvalue weighted by Crippen LogP contribution is -2.49. The molecule has 6 nitrogen and oxygen atoms in total. The summed E-state index contributed by atoms with van der Waals surface area (Å²) in [6, 6.07) is -0.588. The van der Waals surface area contributed by atoms with E-state index in [1.165, 1.54) is 4.90 Å². The normalized spacial score (nSPS) is 26.5. The van der Waals surface area contributed by atoms with Gasteiger partial charge in [0.05, 0.1) is 6.10 Å². The van der Waals surface area contributed by atoms with Crippen molar-refractivity contribution < 1.29 is 19.4 Å². The van der Waals surface area contributed by atoms with E-state index in [2.05, 4.69) is 0 Å². The molecule has 2 rings (SSSR count). The van der Waals surface area contributed by atoms with Crippen molar-refractivity contribution in [1.82, 2.24) is 9.80 Å². The van der Waals surface area contributed by atoms with Crippen LogP contribution in [0.3, 0.4) is 0 Å². The molecule has 1 heterocycles. The second-order valence-corrected chi connectivity index (χ2v) is 5.31. The lowest BCUT2D eigenvalue weighted by atomic mass is 10.2. The molecule has 2 aliphatic rings. The molecular formula is C13H22N2O4. The molecule has 0 aromatic rings. The van der Waals surface area contributed by atoms with E-state index in [0.717, 1.165) is 19.3 Å². The largest absolute Gasteiger partial charge is 0.480 e. The van der Waals surface area contributed by atoms with Crippen LogP contribution in [0.25, 0.3) is 0 Å². The van der Waals surface area contributed by atoms with Crippen molar-refractivity contribution in [2.75, 3.05) is 20.2 Å². The molecule has 1 saturated carbocycles. The molecule has 1 aliphatic heterocycles. The third kappa shape index (κ3) is 3.00. The molecule has 0 aromatic heterocycles. The van der Waals surface area contributed by atoms with Crippen LogP contribution in [-0.2, 0) is 9.53 Å². The number of hydrogen-bond acceptors (Lipinski definition) is 3. The fourth-order valence-electron chi connectivity index (χ4n) is 2.64. The van der Waals surface area contributed by atoms with Crippen LogP contribution in [-0.4, -0.2) is 65.3 Å². The first-order valence-corrected chi connectivity index (χ1v) is 6.91. The van der Waals surface area contributed by atoms with Crippen molar-refractivity contribution in [2.45, 2.75) is 50.8 Å². The standard InChI is InChI=1S/C13H22N2O4/c1-3-6-14(9-4-5-9)13(18)15-8-10(19-2)7-11(15)12(16)17/h9-11H,3-8H2,1-2H3,(H,16,17). The van der Waals surface area contributed by atoms with Crippen molar-refractivity contribution in [3.05, 3.63) is 0 Å². The van der Waals surface area contributed by atoms with Crippen LogP contribution >= 0.6 is 0 Å². The van der Waals surface area contributed by atoms with Crippen molar-refractivity contribution in [3.63, 3.8) is 0 Å². The van der Waals surface area contributed by atoms with Crippen LogP contribution < -0.4 is 0 Å². The number of aliphatic carboxylic acids is 1. The maximum atomic E-state index is 12.5. The predicted molar refractivity (Wildman–Crippen MR) is 69.0 cm³/mol. The van der Waals surface area contributed by atoms with E-state index in [4.69, 9.17) is 4.74 Å². The maximum absolute atomic E-state index is 12.5. The molecule has 6 heteroatoms. The van der Waals surface area contributed by atoms with E-state index in [1.54, 1.807) is 7.11 Å². The third-order valence-electron chi connectivity index (χ3n) is 3.82. The summed E-state index contributed by atoms with van der Waals surface area (Å²) < 4.78 is 5.21. The molecule has 19 heavy (non-hydrogen) atoms. The highest BCUT2D eigenvalue weighted by atomic mass is 16.5. The number of rotatable bonds is 5. The number of hydrogen-bond donors (Lipinski definition) is 1. The zero-order valence-electron chi connectivity index (χ0n) is 11.5. The molecular weight excluding hydrogens is 248 g/mol. The Morgan fingerprint density at radius 1 is 1.42 bits per heavy atom. The molecule has 2 unspecified atom stereocenters. The first-order chi connectivity index (χ1) is 9.08. The monoisotopic (exact) mass is 270 g/mol. The van der Waals surface area contributed by atoms with Gasteiger partial charge in [0.2, 0.25) is 0 Å². The minimum atomic E-state index is -0.944. The van der Waals surface area contributed by atoms with Crippen molar-refractivity contribution in [1.29, 1.82) is 0 Å². The summed E-state index contributed by atoms with van der Waals surface area (Å²) in [4.78, 5) is 27.1. The van der Waals surface area contributed by atoms with Gasteiger partial charge in [-0.2, -0.15) is 0 Å². The predicted octanol–water partition coefficient (Wildman–Crippen LogP) is 1.15. The molecule has 1 aliphatic carbocycles. The van der Waals surface area contributed by atoms with Gasteiger partial charge in [-0.25, -0.2) is 9.59 Å². The first-order valence-electron chi connectivity index (χ1n) is 6.91. The van der Waals surface area contributed by atoms with E-state index < -0.39 is 12.0 Å². The quantitative estimate of drug-likeness (QED) is 0.813. The van der Waals surface area contributed by atoms with Crippen molar-refractivity contribution >= 4 is 12.0 Å². The fraction of sp³-hybridized carbons (Fsp3) is 0.846. The highest BCUT2D eigenvalue weighted by Crippen LogP contribution is 2.30. The van der Waals surface area contributed by atoms with Gasteiger partial charge in [-0.3, -0.25) is 0 Å². The molecule has 0 spiro atoms. The Balaban J connectivity index is 2.08. The average Bonchev–Trinajstić information content (AvgIpc) is 3.12. The van der Waals surface area contributed by atoms with E-state index >= 15 is 0 Å². The first kappa shape index (κ1) is 14.1. The van der Waals surface area contributed by atoms with Gasteiger partial charge in [-0.15, -0.1) is 0 Å². The number of methoxy groups -OCH3 is 1. The van der Waals surface area contributed by atoms with E-state index in [9.17, 15) is 14.7 Å². The number of likely N-dealkylation sites (tertiary alicyclic amines) is 1. The zero-order valence-corrected chi connectivity index (χ0v) is 11.5. The molecule has 0 bridgehead atoms. The highest BCUT2D eigenvalue weighted by molar-refractivity contribution is 5.83. The van der Waals surface area contributed by atoms with Crippen LogP contribution in [0.5, 0.6) is 0 Å². The SMILES string of the molecule is CCCN(C(=O)N1CC(OC)CC1C(=O)O)C1CC1. The van der Waals surface area contributed by atoms with Gasteiger partial charge in [-0.1, -0.05) is 6.92 Å². The van der Waals surface area contributed by atoms with Crippen LogP contribution in [0.2, 0.25) is 0 Å². The Morgan fingerprint density at radius 2 is 2.11 bits per heavy atom. The Morgan fingerprint density at radius 3 is 2.58 bits per heavy atom. The van der Waals surface area contributed by atoms with Gasteiger partial charge < -0.3 is 19.6 Å². The second kappa shape index (κ2) is 5.77. The van der Waals surface area contributed by atoms with Gasteiger partial charge in [0, 0.05) is 32.7 Å². The Bertz CT molecular complexity index is 357. The average molecular weight is 270 g/mol. The Hall–Kier alpha value is -1.30. The maximum Gasteiger partial charge on any atom is 0.326 e. The molecule has 2 atom stereocenters. The fourth-order valence-corrected chi connectivity index (χ4v) is 2.64. The minimum absolute atomic E-state index is 0.142. The molecule has 0 aromatic carbocycles. The summed E-state index contributed by atoms with van der Waals surface area (Å²) in [5, 5.41) is 9.24. The molecule has 108 valence electrons. The van der Waals surface area contributed by atoms with Crippen LogP contribution in [0.15, 0.2) is 0 Å². The summed E-state index contributed by atoms with van der Waals surface area (Å²) >= 11 is 0. The van der Waals surface area contributed by atoms with Crippen LogP contribution in [0.4, 0.5) is 4.79 Å². The second-order valence-electron chi connectivity index (χ2n) is 5.31. The molecule has 1 saturated heterocycles. The van der Waals surface area contributed by atoms with Gasteiger partial charge in [0.15, 0.2) is 0 Å². The number of carbonyl (C=O) groups excluding carboxylic acids is 1. The lowest BCUT2D eigenvalue weighted by molar-refractivity contribution is -0.141. The number of nitrogens with zero attached hydrogens (tertiary/aromatic N) is 2. The lowest BCUT2D eigenvalue weighted by Gasteiger charge is -2.30. The topological polar surface area (TPSA) is 70.1 Å². The summed E-state index contributed by atoms with van der Waals surface area (Å²) in [5.41, 5.74) is 0. The number of ether oxygens (including phenoxy) is 1. The molecule has 1 N–H and O–H groups in total. The summed E-state index contributed by atoms with van der Waals surface area (Å²) in [7, 11) is 1.56. The van der Waals surface area contributed by atoms with Crippen molar-refractivity contribution in [3.8, 4) is 0 Å². The third-order valence-corrected chi connectivity index (χ3v) is 3.82. The van der Waals surface area contributed by atoms with Crippen molar-refractivity contribution in [2.24, 2.45) is 0 Å². The molecule has 0 radical (unpaired) electrons. The van der Waals surface area contributed by atoms with E-state index in [1.807, 2.05) is 11.8 Å². The van der Waals surface area contributed by atoms with Gasteiger partial charge >= 0.3 is 12.0 Å². The number of carboxylic acids is 1. The molecule has 2 fully saturated rings. The number of amides is 2. The highest BCUT2D eigenvalue weighted by Gasteiger charge is 2.43. The van der Waals surface area contributed by atoms with E-state index in [0.29, 0.717) is 25.6 Å². The summed E-state index contributed by atoms with van der Waals surface area (Å²) in [6.07, 6.45) is 3.16. The van der Waals surface area contributed by atoms with Gasteiger partial charge in [0.25, 0.3) is 0 Å². The number of urea groups is 1. The Labute approximate surface area is 113 Å². The number of carbonyl (C=O) groups is 2. The summed E-state index contributed by atoms with van der Waals surface area (Å²) in [6.45, 7) is 3.10. The van der Waals surface area contributed by atoms with Crippen LogP contribution in [0, 0.1) is 0 Å². The minimum Gasteiger partial charge on any atom is -0.480 e. The summed E-state index contributed by atoms with van der Waals surface area (Å²) in [5.74, 6) is -0.944. The Kier molecular flexibility index (Phi) is 4.29. The number of carboxylic acid groups (broad SMARTS) is 1. The smallest absolute Gasteiger partial charge is 0.326 e.